The van der Waals surface area contributed by atoms with Crippen molar-refractivity contribution >= 4 is 17.6 Å². The Balaban J connectivity index is 2.18. The van der Waals surface area contributed by atoms with E-state index in [0.717, 1.165) is 12.1 Å². The zero-order valence-corrected chi connectivity index (χ0v) is 18.3. The predicted octanol–water partition coefficient (Wildman–Crippen LogP) is 0.987. The van der Waals surface area contributed by atoms with Gasteiger partial charge in [-0.15, -0.1) is 0 Å². The molecule has 2 amide bonds. The SMILES string of the molecule is CC(C)N(C)C(CO)C(=O)N[C@@H](Cc1ccc(F)c(F)c1)C(=O)NCc1ccc(N)nc1. The first-order valence-corrected chi connectivity index (χ1v) is 10.2. The van der Waals surface area contributed by atoms with Crippen LogP contribution in [0.4, 0.5) is 14.6 Å². The summed E-state index contributed by atoms with van der Waals surface area (Å²) >= 11 is 0. The van der Waals surface area contributed by atoms with E-state index in [2.05, 4.69) is 15.6 Å². The van der Waals surface area contributed by atoms with Crippen LogP contribution < -0.4 is 16.4 Å². The number of likely N-dealkylation sites (N-methyl/N-ethyl adjacent to an activating group) is 1. The largest absolute Gasteiger partial charge is 0.394 e. The molecule has 5 N–H and O–H groups in total. The Hall–Kier alpha value is -3.11. The van der Waals surface area contributed by atoms with Crippen LogP contribution in [0.15, 0.2) is 36.5 Å². The molecule has 2 aromatic rings. The minimum absolute atomic E-state index is 0.0330. The molecule has 2 rings (SSSR count). The van der Waals surface area contributed by atoms with Gasteiger partial charge in [0, 0.05) is 25.2 Å². The van der Waals surface area contributed by atoms with E-state index in [1.54, 1.807) is 24.1 Å². The number of halogens is 2. The number of hydrogen-bond acceptors (Lipinski definition) is 6. The number of carbonyl (C=O) groups excluding carboxylic acids is 2. The van der Waals surface area contributed by atoms with Crippen LogP contribution in [0.25, 0.3) is 0 Å². The average molecular weight is 450 g/mol. The Morgan fingerprint density at radius 1 is 1.12 bits per heavy atom. The van der Waals surface area contributed by atoms with Crippen LogP contribution in [0.2, 0.25) is 0 Å². The number of nitrogens with one attached hydrogen (secondary N) is 2. The number of benzene rings is 1. The summed E-state index contributed by atoms with van der Waals surface area (Å²) in [5.41, 5.74) is 6.58. The number of amides is 2. The Morgan fingerprint density at radius 3 is 2.38 bits per heavy atom. The number of nitrogen functional groups attached to an aromatic ring is 1. The number of nitrogens with two attached hydrogens (primary N) is 1. The van der Waals surface area contributed by atoms with Gasteiger partial charge < -0.3 is 21.5 Å². The number of aliphatic hydroxyl groups excluding tert-OH is 1. The number of hydrogen-bond donors (Lipinski definition) is 4. The molecule has 1 heterocycles. The summed E-state index contributed by atoms with van der Waals surface area (Å²) in [6, 6.07) is 4.59. The highest BCUT2D eigenvalue weighted by Gasteiger charge is 2.29. The van der Waals surface area contributed by atoms with Crippen molar-refractivity contribution in [3.05, 3.63) is 59.3 Å². The van der Waals surface area contributed by atoms with Crippen molar-refractivity contribution in [3.63, 3.8) is 0 Å². The minimum Gasteiger partial charge on any atom is -0.394 e. The van der Waals surface area contributed by atoms with Gasteiger partial charge in [-0.05, 0) is 50.2 Å². The molecule has 174 valence electrons. The van der Waals surface area contributed by atoms with E-state index < -0.39 is 42.1 Å². The lowest BCUT2D eigenvalue weighted by Gasteiger charge is -2.30. The number of pyridine rings is 1. The summed E-state index contributed by atoms with van der Waals surface area (Å²) in [4.78, 5) is 31.3. The molecule has 0 bridgehead atoms. The van der Waals surface area contributed by atoms with Crippen molar-refractivity contribution in [2.24, 2.45) is 0 Å². The highest BCUT2D eigenvalue weighted by atomic mass is 19.2. The van der Waals surface area contributed by atoms with Crippen LogP contribution in [-0.4, -0.2) is 58.6 Å². The first-order chi connectivity index (χ1) is 15.1. The van der Waals surface area contributed by atoms with Gasteiger partial charge in [-0.1, -0.05) is 12.1 Å². The Morgan fingerprint density at radius 2 is 1.81 bits per heavy atom. The molecule has 1 aromatic carbocycles. The number of anilines is 1. The quantitative estimate of drug-likeness (QED) is 0.429. The second kappa shape index (κ2) is 11.5. The second-order valence-corrected chi connectivity index (χ2v) is 7.78. The summed E-state index contributed by atoms with van der Waals surface area (Å²) in [5, 5.41) is 15.0. The number of aliphatic hydroxyl groups is 1. The highest BCUT2D eigenvalue weighted by Crippen LogP contribution is 2.12. The van der Waals surface area contributed by atoms with E-state index >= 15 is 0 Å². The van der Waals surface area contributed by atoms with Gasteiger partial charge in [0.25, 0.3) is 0 Å². The molecule has 0 aliphatic heterocycles. The lowest BCUT2D eigenvalue weighted by atomic mass is 10.0. The normalized spacial score (nSPS) is 13.1. The molecule has 0 saturated carbocycles. The lowest BCUT2D eigenvalue weighted by molar-refractivity contribution is -0.133. The summed E-state index contributed by atoms with van der Waals surface area (Å²) < 4.78 is 26.9. The fourth-order valence-corrected chi connectivity index (χ4v) is 2.99. The van der Waals surface area contributed by atoms with E-state index in [1.807, 2.05) is 13.8 Å². The molecule has 0 spiro atoms. The molecule has 1 unspecified atom stereocenters. The van der Waals surface area contributed by atoms with Crippen LogP contribution in [0.3, 0.4) is 0 Å². The van der Waals surface area contributed by atoms with Crippen molar-refractivity contribution in [2.45, 2.75) is 44.9 Å². The fraction of sp³-hybridized carbons (Fsp3) is 0.409. The minimum atomic E-state index is -1.08. The standard InChI is InChI=1S/C22H29F2N5O3/c1-13(2)29(3)19(12-30)22(32)28-18(9-14-4-6-16(23)17(24)8-14)21(31)27-11-15-5-7-20(25)26-10-15/h4-8,10,13,18-19,30H,9,11-12H2,1-3H3,(H2,25,26)(H,27,31)(H,28,32)/t18-,19?/m0/s1. The van der Waals surface area contributed by atoms with E-state index in [4.69, 9.17) is 5.73 Å². The van der Waals surface area contributed by atoms with Gasteiger partial charge in [-0.3, -0.25) is 14.5 Å². The van der Waals surface area contributed by atoms with E-state index in [9.17, 15) is 23.5 Å². The molecule has 2 atom stereocenters. The fourth-order valence-electron chi connectivity index (χ4n) is 2.99. The number of aromatic nitrogens is 1. The van der Waals surface area contributed by atoms with Gasteiger partial charge in [0.2, 0.25) is 11.8 Å². The third-order valence-corrected chi connectivity index (χ3v) is 5.15. The molecule has 0 aliphatic carbocycles. The maximum absolute atomic E-state index is 13.7. The summed E-state index contributed by atoms with van der Waals surface area (Å²) in [5.74, 6) is -2.79. The smallest absolute Gasteiger partial charge is 0.243 e. The molecule has 0 aliphatic rings. The molecule has 0 radical (unpaired) electrons. The van der Waals surface area contributed by atoms with Crippen LogP contribution in [-0.2, 0) is 22.6 Å². The Labute approximate surface area is 185 Å². The number of rotatable bonds is 10. The summed E-state index contributed by atoms with van der Waals surface area (Å²) in [7, 11) is 1.68. The predicted molar refractivity (Wildman–Crippen MR) is 116 cm³/mol. The molecule has 0 saturated heterocycles. The van der Waals surface area contributed by atoms with Crippen LogP contribution >= 0.6 is 0 Å². The summed E-state index contributed by atoms with van der Waals surface area (Å²) in [6.07, 6.45) is 1.44. The zero-order valence-electron chi connectivity index (χ0n) is 18.3. The van der Waals surface area contributed by atoms with Crippen molar-refractivity contribution in [2.75, 3.05) is 19.4 Å². The van der Waals surface area contributed by atoms with E-state index in [-0.39, 0.29) is 19.0 Å². The monoisotopic (exact) mass is 449 g/mol. The van der Waals surface area contributed by atoms with Gasteiger partial charge in [-0.25, -0.2) is 13.8 Å². The topological polar surface area (TPSA) is 121 Å². The van der Waals surface area contributed by atoms with Crippen molar-refractivity contribution in [1.82, 2.24) is 20.5 Å². The van der Waals surface area contributed by atoms with E-state index in [0.29, 0.717) is 16.9 Å². The van der Waals surface area contributed by atoms with Gasteiger partial charge in [0.1, 0.15) is 17.9 Å². The van der Waals surface area contributed by atoms with Crippen LogP contribution in [0.1, 0.15) is 25.0 Å². The first kappa shape index (κ1) is 25.2. The lowest BCUT2D eigenvalue weighted by Crippen LogP contribution is -2.55. The maximum Gasteiger partial charge on any atom is 0.243 e. The Bertz CT molecular complexity index is 924. The molecule has 8 nitrogen and oxygen atoms in total. The van der Waals surface area contributed by atoms with Crippen molar-refractivity contribution in [1.29, 1.82) is 0 Å². The number of carbonyl (C=O) groups is 2. The maximum atomic E-state index is 13.7. The summed E-state index contributed by atoms with van der Waals surface area (Å²) in [6.45, 7) is 3.41. The van der Waals surface area contributed by atoms with Gasteiger partial charge in [-0.2, -0.15) is 0 Å². The third kappa shape index (κ3) is 6.96. The van der Waals surface area contributed by atoms with Gasteiger partial charge in [0.15, 0.2) is 11.6 Å². The van der Waals surface area contributed by atoms with E-state index in [1.165, 1.54) is 12.3 Å². The number of nitrogens with zero attached hydrogens (tertiary/aromatic N) is 2. The Kier molecular flexibility index (Phi) is 9.03. The second-order valence-electron chi connectivity index (χ2n) is 7.78. The van der Waals surface area contributed by atoms with Gasteiger partial charge in [0.05, 0.1) is 6.61 Å². The van der Waals surface area contributed by atoms with Gasteiger partial charge >= 0.3 is 0 Å². The molecular weight excluding hydrogens is 420 g/mol. The molecular formula is C22H29F2N5O3. The first-order valence-electron chi connectivity index (χ1n) is 10.2. The third-order valence-electron chi connectivity index (χ3n) is 5.15. The van der Waals surface area contributed by atoms with Crippen LogP contribution in [0, 0.1) is 11.6 Å². The molecule has 32 heavy (non-hydrogen) atoms. The van der Waals surface area contributed by atoms with Crippen molar-refractivity contribution < 1.29 is 23.5 Å². The highest BCUT2D eigenvalue weighted by molar-refractivity contribution is 5.90. The molecule has 10 heteroatoms. The molecule has 0 fully saturated rings. The molecule has 1 aromatic heterocycles. The zero-order chi connectivity index (χ0) is 23.8. The van der Waals surface area contributed by atoms with Crippen LogP contribution in [0.5, 0.6) is 0 Å². The van der Waals surface area contributed by atoms with Crippen molar-refractivity contribution in [3.8, 4) is 0 Å². The average Bonchev–Trinajstić information content (AvgIpc) is 2.75.